The van der Waals surface area contributed by atoms with Crippen molar-refractivity contribution < 1.29 is 9.53 Å². The molecule has 3 rings (SSSR count). The van der Waals surface area contributed by atoms with Crippen molar-refractivity contribution in [2.45, 2.75) is 6.61 Å². The molecule has 1 amide bonds. The summed E-state index contributed by atoms with van der Waals surface area (Å²) in [6.07, 6.45) is 1.52. The molecule has 1 heterocycles. The van der Waals surface area contributed by atoms with Crippen LogP contribution in [-0.4, -0.2) is 10.9 Å². The number of ether oxygens (including phenoxy) is 1. The SMILES string of the molecule is N#Cc1cccc(COc2cccc(NC(=O)c3cccnc3Cl)c2)c1. The van der Waals surface area contributed by atoms with E-state index in [1.54, 1.807) is 48.5 Å². The molecule has 0 aliphatic heterocycles. The third kappa shape index (κ3) is 4.38. The summed E-state index contributed by atoms with van der Waals surface area (Å²) in [5.41, 5.74) is 2.35. The Morgan fingerprint density at radius 3 is 2.81 bits per heavy atom. The van der Waals surface area contributed by atoms with E-state index in [0.717, 1.165) is 5.56 Å². The molecule has 1 aromatic heterocycles. The van der Waals surface area contributed by atoms with Crippen molar-refractivity contribution in [1.82, 2.24) is 4.98 Å². The Bertz CT molecular complexity index is 983. The minimum atomic E-state index is -0.345. The number of nitrogens with one attached hydrogen (secondary N) is 1. The van der Waals surface area contributed by atoms with Crippen molar-refractivity contribution in [2.75, 3.05) is 5.32 Å². The van der Waals surface area contributed by atoms with Gasteiger partial charge in [0.2, 0.25) is 0 Å². The molecule has 0 aliphatic carbocycles. The maximum Gasteiger partial charge on any atom is 0.258 e. The predicted molar refractivity (Wildman–Crippen MR) is 99.1 cm³/mol. The number of rotatable bonds is 5. The molecule has 5 nitrogen and oxygen atoms in total. The second-order valence-electron chi connectivity index (χ2n) is 5.42. The van der Waals surface area contributed by atoms with Crippen LogP contribution in [0.25, 0.3) is 0 Å². The number of carbonyl (C=O) groups is 1. The lowest BCUT2D eigenvalue weighted by molar-refractivity contribution is 0.102. The van der Waals surface area contributed by atoms with Crippen LogP contribution in [-0.2, 0) is 6.61 Å². The minimum absolute atomic E-state index is 0.148. The number of nitriles is 1. The van der Waals surface area contributed by atoms with Crippen molar-refractivity contribution in [1.29, 1.82) is 5.26 Å². The molecule has 3 aromatic rings. The van der Waals surface area contributed by atoms with Crippen LogP contribution in [0.5, 0.6) is 5.75 Å². The Labute approximate surface area is 155 Å². The summed E-state index contributed by atoms with van der Waals surface area (Å²) in [6, 6.07) is 19.6. The van der Waals surface area contributed by atoms with E-state index >= 15 is 0 Å². The van der Waals surface area contributed by atoms with Crippen molar-refractivity contribution in [3.63, 3.8) is 0 Å². The molecular formula is C20H14ClN3O2. The van der Waals surface area contributed by atoms with Crippen LogP contribution >= 0.6 is 11.6 Å². The van der Waals surface area contributed by atoms with Crippen molar-refractivity contribution in [3.8, 4) is 11.8 Å². The maximum atomic E-state index is 12.3. The number of hydrogen-bond acceptors (Lipinski definition) is 4. The maximum absolute atomic E-state index is 12.3. The topological polar surface area (TPSA) is 75.0 Å². The second-order valence-corrected chi connectivity index (χ2v) is 5.78. The summed E-state index contributed by atoms with van der Waals surface area (Å²) < 4.78 is 5.74. The summed E-state index contributed by atoms with van der Waals surface area (Å²) >= 11 is 5.94. The summed E-state index contributed by atoms with van der Waals surface area (Å²) in [5.74, 6) is 0.254. The largest absolute Gasteiger partial charge is 0.489 e. The van der Waals surface area contributed by atoms with Crippen LogP contribution in [0.2, 0.25) is 5.15 Å². The molecule has 0 unspecified atom stereocenters. The third-order valence-corrected chi connectivity index (χ3v) is 3.86. The minimum Gasteiger partial charge on any atom is -0.489 e. The van der Waals surface area contributed by atoms with E-state index in [-0.39, 0.29) is 11.1 Å². The van der Waals surface area contributed by atoms with Gasteiger partial charge < -0.3 is 10.1 Å². The van der Waals surface area contributed by atoms with Crippen LogP contribution < -0.4 is 10.1 Å². The molecule has 2 aromatic carbocycles. The molecular weight excluding hydrogens is 350 g/mol. The molecule has 128 valence electrons. The zero-order valence-electron chi connectivity index (χ0n) is 13.6. The number of carbonyl (C=O) groups excluding carboxylic acids is 1. The fourth-order valence-electron chi connectivity index (χ4n) is 2.31. The van der Waals surface area contributed by atoms with E-state index in [9.17, 15) is 4.79 Å². The van der Waals surface area contributed by atoms with Crippen LogP contribution in [0.3, 0.4) is 0 Å². The summed E-state index contributed by atoms with van der Waals surface area (Å²) in [4.78, 5) is 16.2. The highest BCUT2D eigenvalue weighted by Crippen LogP contribution is 2.20. The first kappa shape index (κ1) is 17.5. The van der Waals surface area contributed by atoms with Crippen molar-refractivity contribution >= 4 is 23.2 Å². The normalized spacial score (nSPS) is 10.0. The highest BCUT2D eigenvalue weighted by atomic mass is 35.5. The van der Waals surface area contributed by atoms with Gasteiger partial charge in [0, 0.05) is 18.0 Å². The summed E-state index contributed by atoms with van der Waals surface area (Å²) in [6.45, 7) is 0.321. The molecule has 6 heteroatoms. The zero-order valence-corrected chi connectivity index (χ0v) is 14.4. The molecule has 0 atom stereocenters. The van der Waals surface area contributed by atoms with Crippen LogP contribution in [0.1, 0.15) is 21.5 Å². The molecule has 0 bridgehead atoms. The third-order valence-electron chi connectivity index (χ3n) is 3.56. The van der Waals surface area contributed by atoms with Crippen LogP contribution in [0.15, 0.2) is 66.9 Å². The number of hydrogen-bond donors (Lipinski definition) is 1. The Morgan fingerprint density at radius 2 is 2.00 bits per heavy atom. The van der Waals surface area contributed by atoms with Crippen molar-refractivity contribution in [2.24, 2.45) is 0 Å². The van der Waals surface area contributed by atoms with Gasteiger partial charge >= 0.3 is 0 Å². The van der Waals surface area contributed by atoms with Gasteiger partial charge in [-0.3, -0.25) is 4.79 Å². The number of benzene rings is 2. The monoisotopic (exact) mass is 363 g/mol. The highest BCUT2D eigenvalue weighted by molar-refractivity contribution is 6.33. The van der Waals surface area contributed by atoms with Gasteiger partial charge in [-0.25, -0.2) is 4.98 Å². The second kappa shape index (κ2) is 8.15. The smallest absolute Gasteiger partial charge is 0.258 e. The van der Waals surface area contributed by atoms with Gasteiger partial charge in [-0.15, -0.1) is 0 Å². The van der Waals surface area contributed by atoms with Gasteiger partial charge in [0.1, 0.15) is 17.5 Å². The number of nitrogens with zero attached hydrogens (tertiary/aromatic N) is 2. The number of anilines is 1. The lowest BCUT2D eigenvalue weighted by atomic mass is 10.1. The van der Waals surface area contributed by atoms with E-state index in [1.165, 1.54) is 6.20 Å². The molecule has 0 saturated carbocycles. The molecule has 0 spiro atoms. The van der Waals surface area contributed by atoms with E-state index in [4.69, 9.17) is 21.6 Å². The molecule has 26 heavy (non-hydrogen) atoms. The van der Waals surface area contributed by atoms with E-state index in [0.29, 0.717) is 29.2 Å². The van der Waals surface area contributed by atoms with Crippen LogP contribution in [0.4, 0.5) is 5.69 Å². The van der Waals surface area contributed by atoms with Gasteiger partial charge in [-0.1, -0.05) is 29.8 Å². The molecule has 0 aliphatic rings. The molecule has 0 saturated heterocycles. The lowest BCUT2D eigenvalue weighted by Gasteiger charge is -2.10. The average Bonchev–Trinajstić information content (AvgIpc) is 2.67. The summed E-state index contributed by atoms with van der Waals surface area (Å²) in [5, 5.41) is 11.9. The van der Waals surface area contributed by atoms with Crippen molar-refractivity contribution in [3.05, 3.63) is 88.7 Å². The van der Waals surface area contributed by atoms with Gasteiger partial charge in [0.15, 0.2) is 0 Å². The predicted octanol–water partition coefficient (Wildman–Crippen LogP) is 4.44. The molecule has 0 fully saturated rings. The Kier molecular flexibility index (Phi) is 5.47. The molecule has 1 N–H and O–H groups in total. The number of aromatic nitrogens is 1. The fraction of sp³-hybridized carbons (Fsp3) is 0.0500. The first-order valence-corrected chi connectivity index (χ1v) is 8.17. The van der Waals surface area contributed by atoms with Gasteiger partial charge in [-0.05, 0) is 42.0 Å². The van der Waals surface area contributed by atoms with Gasteiger partial charge in [0.05, 0.1) is 17.2 Å². The number of amides is 1. The quantitative estimate of drug-likeness (QED) is 0.680. The Morgan fingerprint density at radius 1 is 1.15 bits per heavy atom. The van der Waals surface area contributed by atoms with E-state index in [1.807, 2.05) is 12.1 Å². The van der Waals surface area contributed by atoms with Gasteiger partial charge in [-0.2, -0.15) is 5.26 Å². The number of pyridine rings is 1. The van der Waals surface area contributed by atoms with E-state index in [2.05, 4.69) is 16.4 Å². The standard InChI is InChI=1S/C20H14ClN3O2/c21-19-18(8-3-9-23-19)20(25)24-16-6-2-7-17(11-16)26-13-15-5-1-4-14(10-15)12-22/h1-11H,13H2,(H,24,25). The fourth-order valence-corrected chi connectivity index (χ4v) is 2.52. The molecule has 0 radical (unpaired) electrons. The van der Waals surface area contributed by atoms with E-state index < -0.39 is 0 Å². The Balaban J connectivity index is 1.67. The number of halogens is 1. The average molecular weight is 364 g/mol. The van der Waals surface area contributed by atoms with Gasteiger partial charge in [0.25, 0.3) is 5.91 Å². The van der Waals surface area contributed by atoms with Crippen LogP contribution in [0, 0.1) is 11.3 Å². The lowest BCUT2D eigenvalue weighted by Crippen LogP contribution is -2.12. The first-order valence-electron chi connectivity index (χ1n) is 7.79. The summed E-state index contributed by atoms with van der Waals surface area (Å²) in [7, 11) is 0. The zero-order chi connectivity index (χ0) is 18.4. The Hall–Kier alpha value is -3.36. The highest BCUT2D eigenvalue weighted by Gasteiger charge is 2.11. The first-order chi connectivity index (χ1) is 12.7.